The van der Waals surface area contributed by atoms with Crippen LogP contribution in [-0.4, -0.2) is 45.7 Å². The first-order valence-corrected chi connectivity index (χ1v) is 11.7. The second-order valence-corrected chi connectivity index (χ2v) is 8.64. The van der Waals surface area contributed by atoms with E-state index in [1.807, 2.05) is 42.5 Å². The molecule has 0 bridgehead atoms. The van der Waals surface area contributed by atoms with Crippen LogP contribution in [0.2, 0.25) is 0 Å². The minimum absolute atomic E-state index is 0.0315. The van der Waals surface area contributed by atoms with E-state index >= 15 is 0 Å². The first-order chi connectivity index (χ1) is 16.6. The van der Waals surface area contributed by atoms with Gasteiger partial charge in [-0.15, -0.1) is 0 Å². The van der Waals surface area contributed by atoms with E-state index in [1.54, 1.807) is 28.4 Å². The number of amides is 3. The minimum Gasteiger partial charge on any atom is -0.356 e. The van der Waals surface area contributed by atoms with Crippen molar-refractivity contribution in [1.29, 1.82) is 0 Å². The maximum Gasteiger partial charge on any atom is 0.260 e. The number of anilines is 1. The molecule has 0 aliphatic carbocycles. The molecule has 3 heterocycles. The van der Waals surface area contributed by atoms with Crippen molar-refractivity contribution in [2.24, 2.45) is 0 Å². The molecule has 0 saturated carbocycles. The molecule has 2 N–H and O–H groups in total. The van der Waals surface area contributed by atoms with Crippen molar-refractivity contribution in [1.82, 2.24) is 20.2 Å². The van der Waals surface area contributed by atoms with Crippen LogP contribution in [-0.2, 0) is 11.2 Å². The van der Waals surface area contributed by atoms with Gasteiger partial charge in [0.05, 0.1) is 17.6 Å². The Balaban J connectivity index is 1.19. The number of H-pyrrole nitrogens is 1. The predicted molar refractivity (Wildman–Crippen MR) is 127 cm³/mol. The number of carbonyl (C=O) groups excluding carboxylic acids is 3. The molecule has 0 unspecified atom stereocenters. The largest absolute Gasteiger partial charge is 0.356 e. The Bertz CT molecular complexity index is 1210. The van der Waals surface area contributed by atoms with Crippen LogP contribution in [0.3, 0.4) is 0 Å². The van der Waals surface area contributed by atoms with Gasteiger partial charge in [0.1, 0.15) is 6.17 Å². The number of hydrogen-bond acceptors (Lipinski definition) is 4. The molecule has 3 amide bonds. The lowest BCUT2D eigenvalue weighted by molar-refractivity contribution is -0.121. The second kappa shape index (κ2) is 9.51. The minimum atomic E-state index is -0.420. The zero-order valence-corrected chi connectivity index (χ0v) is 18.9. The van der Waals surface area contributed by atoms with Crippen LogP contribution < -0.4 is 10.2 Å². The topological polar surface area (TPSA) is 98.4 Å². The summed E-state index contributed by atoms with van der Waals surface area (Å²) in [6.07, 6.45) is 6.47. The first-order valence-electron chi connectivity index (χ1n) is 11.7. The fourth-order valence-electron chi connectivity index (χ4n) is 4.79. The number of unbranched alkanes of at least 4 members (excludes halogenated alkanes) is 2. The van der Waals surface area contributed by atoms with Crippen molar-refractivity contribution >= 4 is 23.4 Å². The number of nitrogens with one attached hydrogen (secondary N) is 2. The fourth-order valence-corrected chi connectivity index (χ4v) is 4.79. The van der Waals surface area contributed by atoms with Gasteiger partial charge in [-0.2, -0.15) is 0 Å². The Hall–Kier alpha value is -3.94. The van der Waals surface area contributed by atoms with Crippen LogP contribution in [0, 0.1) is 0 Å². The highest BCUT2D eigenvalue weighted by Crippen LogP contribution is 2.45. The third kappa shape index (κ3) is 4.07. The van der Waals surface area contributed by atoms with Crippen molar-refractivity contribution in [3.8, 4) is 0 Å². The summed E-state index contributed by atoms with van der Waals surface area (Å²) in [5, 5.41) is 2.93. The maximum absolute atomic E-state index is 13.4. The Morgan fingerprint density at radius 3 is 2.59 bits per heavy atom. The number of para-hydroxylation sites is 1. The molecule has 0 saturated heterocycles. The Morgan fingerprint density at radius 1 is 0.971 bits per heavy atom. The number of fused-ring (bicyclic) bond motifs is 5. The average Bonchev–Trinajstić information content (AvgIpc) is 3.47. The van der Waals surface area contributed by atoms with E-state index in [-0.39, 0.29) is 17.7 Å². The van der Waals surface area contributed by atoms with E-state index in [2.05, 4.69) is 15.3 Å². The number of aromatic nitrogens is 2. The summed E-state index contributed by atoms with van der Waals surface area (Å²) in [7, 11) is 0. The summed E-state index contributed by atoms with van der Waals surface area (Å²) < 4.78 is 0. The molecule has 3 aromatic rings. The van der Waals surface area contributed by atoms with Crippen molar-refractivity contribution < 1.29 is 14.4 Å². The van der Waals surface area contributed by atoms with Crippen molar-refractivity contribution in [2.45, 2.75) is 38.3 Å². The molecule has 34 heavy (non-hydrogen) atoms. The molecule has 8 heteroatoms. The van der Waals surface area contributed by atoms with E-state index < -0.39 is 6.17 Å². The fraction of sp³-hybridized carbons (Fsp3) is 0.308. The van der Waals surface area contributed by atoms with Crippen LogP contribution in [0.4, 0.5) is 5.69 Å². The van der Waals surface area contributed by atoms with Gasteiger partial charge in [0.2, 0.25) is 5.91 Å². The van der Waals surface area contributed by atoms with Crippen LogP contribution in [0.15, 0.2) is 61.1 Å². The lowest BCUT2D eigenvalue weighted by Crippen LogP contribution is -2.48. The van der Waals surface area contributed by atoms with Gasteiger partial charge < -0.3 is 15.2 Å². The van der Waals surface area contributed by atoms with Crippen molar-refractivity contribution in [2.75, 3.05) is 18.0 Å². The van der Waals surface area contributed by atoms with Gasteiger partial charge in [-0.05, 0) is 31.0 Å². The highest BCUT2D eigenvalue weighted by atomic mass is 16.2. The Kier molecular flexibility index (Phi) is 6.12. The highest BCUT2D eigenvalue weighted by Gasteiger charge is 2.47. The summed E-state index contributed by atoms with van der Waals surface area (Å²) in [5.41, 5.74) is 3.73. The summed E-state index contributed by atoms with van der Waals surface area (Å²) in [5.74, 6) is -0.0979. The number of nitrogens with zero attached hydrogens (tertiary/aromatic N) is 3. The van der Waals surface area contributed by atoms with Gasteiger partial charge >= 0.3 is 0 Å². The first kappa shape index (κ1) is 21.9. The molecule has 0 spiro atoms. The standard InChI is InChI=1S/C26H27N5O3/c32-23(28-14-13-18-16-27-17-29-18)12-2-1-7-15-30-24-19-8-3-4-9-20(19)26(34)31(24)22-11-6-5-10-21(22)25(30)33/h3-6,8-11,16-17,24H,1-2,7,12-15H2,(H,27,29)(H,28,32)/t24-/m1/s1. The highest BCUT2D eigenvalue weighted by molar-refractivity contribution is 6.16. The third-order valence-electron chi connectivity index (χ3n) is 6.46. The summed E-state index contributed by atoms with van der Waals surface area (Å²) >= 11 is 0. The monoisotopic (exact) mass is 457 g/mol. The molecule has 2 aliphatic rings. The van der Waals surface area contributed by atoms with Gasteiger partial charge in [-0.3, -0.25) is 19.3 Å². The third-order valence-corrected chi connectivity index (χ3v) is 6.46. The molecule has 1 aromatic heterocycles. The summed E-state index contributed by atoms with van der Waals surface area (Å²) in [4.78, 5) is 49.2. The Morgan fingerprint density at radius 2 is 1.76 bits per heavy atom. The van der Waals surface area contributed by atoms with Crippen LogP contribution in [0.5, 0.6) is 0 Å². The lowest BCUT2D eigenvalue weighted by atomic mass is 10.0. The molecule has 0 radical (unpaired) electrons. The van der Waals surface area contributed by atoms with Crippen molar-refractivity contribution in [3.63, 3.8) is 0 Å². The van der Waals surface area contributed by atoms with E-state index in [4.69, 9.17) is 0 Å². The van der Waals surface area contributed by atoms with E-state index in [1.165, 1.54) is 0 Å². The smallest absolute Gasteiger partial charge is 0.260 e. The van der Waals surface area contributed by atoms with Crippen molar-refractivity contribution in [3.05, 3.63) is 83.4 Å². The lowest BCUT2D eigenvalue weighted by Gasteiger charge is -2.41. The van der Waals surface area contributed by atoms with Gasteiger partial charge in [0.15, 0.2) is 0 Å². The number of hydrogen-bond donors (Lipinski definition) is 2. The Labute approximate surface area is 198 Å². The SMILES string of the molecule is O=C(CCCCCN1C(=O)c2ccccc2N2C(=O)c3ccccc3[C@H]12)NCCc1cnc[nH]1. The van der Waals surface area contributed by atoms with E-state index in [9.17, 15) is 14.4 Å². The average molecular weight is 458 g/mol. The van der Waals surface area contributed by atoms with Gasteiger partial charge in [-0.25, -0.2) is 4.98 Å². The van der Waals surface area contributed by atoms with Gasteiger partial charge in [0, 0.05) is 48.9 Å². The maximum atomic E-state index is 13.4. The number of rotatable bonds is 9. The number of benzene rings is 2. The summed E-state index contributed by atoms with van der Waals surface area (Å²) in [6.45, 7) is 1.10. The molecule has 2 aliphatic heterocycles. The quantitative estimate of drug-likeness (QED) is 0.481. The predicted octanol–water partition coefficient (Wildman–Crippen LogP) is 3.44. The van der Waals surface area contributed by atoms with Gasteiger partial charge in [0.25, 0.3) is 11.8 Å². The van der Waals surface area contributed by atoms with E-state index in [0.29, 0.717) is 36.3 Å². The molecular weight excluding hydrogens is 430 g/mol. The van der Waals surface area contributed by atoms with Gasteiger partial charge in [-0.1, -0.05) is 36.8 Å². The number of imidazole rings is 1. The van der Waals surface area contributed by atoms with Crippen LogP contribution in [0.25, 0.3) is 0 Å². The van der Waals surface area contributed by atoms with Crippen LogP contribution >= 0.6 is 0 Å². The molecule has 1 atom stereocenters. The van der Waals surface area contributed by atoms with E-state index in [0.717, 1.165) is 36.9 Å². The zero-order chi connectivity index (χ0) is 23.5. The number of carbonyl (C=O) groups is 3. The summed E-state index contributed by atoms with van der Waals surface area (Å²) in [6, 6.07) is 14.8. The van der Waals surface area contributed by atoms with Crippen LogP contribution in [0.1, 0.15) is 63.8 Å². The molecule has 174 valence electrons. The molecule has 8 nitrogen and oxygen atoms in total. The molecule has 5 rings (SSSR count). The second-order valence-electron chi connectivity index (χ2n) is 8.64. The molecular formula is C26H27N5O3. The molecule has 0 fully saturated rings. The molecule has 2 aromatic carbocycles. The zero-order valence-electron chi connectivity index (χ0n) is 18.9. The normalized spacial score (nSPS) is 16.3. The number of aromatic amines is 1.